The zero-order valence-electron chi connectivity index (χ0n) is 21.6. The maximum Gasteiger partial charge on any atom is 0.253 e. The van der Waals surface area contributed by atoms with Crippen molar-refractivity contribution in [2.75, 3.05) is 24.5 Å². The molecule has 0 aliphatic carbocycles. The Hall–Kier alpha value is -4.26. The van der Waals surface area contributed by atoms with Gasteiger partial charge in [0.15, 0.2) is 0 Å². The number of benzene rings is 3. The first-order valence-corrected chi connectivity index (χ1v) is 13.2. The fourth-order valence-corrected chi connectivity index (χ4v) is 5.74. The molecule has 2 aliphatic rings. The van der Waals surface area contributed by atoms with Crippen molar-refractivity contribution in [1.82, 2.24) is 14.9 Å². The molecular weight excluding hydrogens is 474 g/mol. The minimum Gasteiger partial charge on any atom is -0.508 e. The van der Waals surface area contributed by atoms with Crippen molar-refractivity contribution < 1.29 is 9.90 Å². The van der Waals surface area contributed by atoms with Gasteiger partial charge in [-0.25, -0.2) is 9.97 Å². The number of aryl methyl sites for hydroxylation is 1. The van der Waals surface area contributed by atoms with E-state index in [2.05, 4.69) is 52.8 Å². The van der Waals surface area contributed by atoms with Crippen molar-refractivity contribution in [3.05, 3.63) is 83.2 Å². The van der Waals surface area contributed by atoms with E-state index >= 15 is 0 Å². The molecule has 0 atom stereocenters. The number of aromatic nitrogens is 2. The molecule has 3 heterocycles. The molecule has 1 amide bonds. The summed E-state index contributed by atoms with van der Waals surface area (Å²) in [6.07, 6.45) is 4.27. The highest BCUT2D eigenvalue weighted by Crippen LogP contribution is 2.34. The number of anilines is 1. The topological polar surface area (TPSA) is 81.9 Å². The fourth-order valence-electron chi connectivity index (χ4n) is 5.74. The number of rotatable bonds is 4. The molecule has 192 valence electrons. The molecule has 7 heteroatoms. The average Bonchev–Trinajstić information content (AvgIpc) is 2.96. The summed E-state index contributed by atoms with van der Waals surface area (Å²) in [4.78, 5) is 30.9. The molecule has 3 aromatic carbocycles. The van der Waals surface area contributed by atoms with Crippen LogP contribution in [-0.2, 0) is 13.0 Å². The maximum atomic E-state index is 13.3. The van der Waals surface area contributed by atoms with Gasteiger partial charge >= 0.3 is 0 Å². The highest BCUT2D eigenvalue weighted by Gasteiger charge is 2.25. The highest BCUT2D eigenvalue weighted by molar-refractivity contribution is 5.96. The number of amides is 1. The van der Waals surface area contributed by atoms with Crippen LogP contribution >= 0.6 is 0 Å². The molecule has 0 bridgehead atoms. The SMILES string of the molecule is C=NC1CCN(C(=O)c2ccc3c(c2)CN(c2ncnc4c(C)cc(-c5cccc(O)c5)cc24)CC3)CC1. The van der Waals surface area contributed by atoms with Crippen molar-refractivity contribution in [2.24, 2.45) is 4.99 Å². The Labute approximate surface area is 222 Å². The molecule has 0 unspecified atom stereocenters. The predicted octanol–water partition coefficient (Wildman–Crippen LogP) is 5.18. The molecule has 0 spiro atoms. The number of nitrogens with zero attached hydrogens (tertiary/aromatic N) is 5. The quantitative estimate of drug-likeness (QED) is 0.387. The Morgan fingerprint density at radius 3 is 2.63 bits per heavy atom. The highest BCUT2D eigenvalue weighted by atomic mass is 16.3. The lowest BCUT2D eigenvalue weighted by molar-refractivity contribution is 0.0715. The second-order valence-electron chi connectivity index (χ2n) is 10.3. The van der Waals surface area contributed by atoms with Gasteiger partial charge in [-0.3, -0.25) is 9.79 Å². The lowest BCUT2D eigenvalue weighted by Crippen LogP contribution is -2.39. The second kappa shape index (κ2) is 9.89. The summed E-state index contributed by atoms with van der Waals surface area (Å²) in [7, 11) is 0. The number of carbonyl (C=O) groups is 1. The number of fused-ring (bicyclic) bond motifs is 2. The van der Waals surface area contributed by atoms with Crippen molar-refractivity contribution in [3.8, 4) is 16.9 Å². The molecule has 1 N–H and O–H groups in total. The Morgan fingerprint density at radius 1 is 1.00 bits per heavy atom. The number of aromatic hydroxyl groups is 1. The summed E-state index contributed by atoms with van der Waals surface area (Å²) >= 11 is 0. The van der Waals surface area contributed by atoms with Crippen LogP contribution in [-0.4, -0.2) is 58.3 Å². The first-order chi connectivity index (χ1) is 18.5. The van der Waals surface area contributed by atoms with Gasteiger partial charge in [0.05, 0.1) is 11.6 Å². The van der Waals surface area contributed by atoms with Gasteiger partial charge in [0.25, 0.3) is 5.91 Å². The Kier molecular flexibility index (Phi) is 6.27. The minimum atomic E-state index is 0.0892. The zero-order valence-corrected chi connectivity index (χ0v) is 21.6. The maximum absolute atomic E-state index is 13.3. The van der Waals surface area contributed by atoms with E-state index in [0.29, 0.717) is 6.54 Å². The van der Waals surface area contributed by atoms with Crippen LogP contribution in [0.15, 0.2) is 65.9 Å². The van der Waals surface area contributed by atoms with E-state index in [0.717, 1.165) is 83.4 Å². The molecular formula is C31H31N5O2. The van der Waals surface area contributed by atoms with Gasteiger partial charge in [0.2, 0.25) is 0 Å². The standard InChI is InChI=1S/C31H31N5O2/c1-20-14-24(22-4-3-5-27(37)16-22)17-28-29(20)33-19-34-30(28)36-11-8-21-6-7-23(15-25(21)18-36)31(38)35-12-9-26(32-2)10-13-35/h3-7,14-17,19,26,37H,2,8-13,18H2,1H3. The third kappa shape index (κ3) is 4.49. The lowest BCUT2D eigenvalue weighted by atomic mass is 9.95. The number of phenols is 1. The summed E-state index contributed by atoms with van der Waals surface area (Å²) < 4.78 is 0. The molecule has 1 fully saturated rings. The summed E-state index contributed by atoms with van der Waals surface area (Å²) in [5.74, 6) is 1.22. The van der Waals surface area contributed by atoms with Crippen molar-refractivity contribution in [1.29, 1.82) is 0 Å². The molecule has 0 saturated carbocycles. The van der Waals surface area contributed by atoms with Gasteiger partial charge < -0.3 is 14.9 Å². The number of hydrogen-bond acceptors (Lipinski definition) is 6. The molecule has 1 saturated heterocycles. The van der Waals surface area contributed by atoms with Crippen LogP contribution in [0.4, 0.5) is 5.82 Å². The van der Waals surface area contributed by atoms with Gasteiger partial charge in [-0.15, -0.1) is 0 Å². The number of aliphatic imine (C=N–C) groups is 1. The normalized spacial score (nSPS) is 15.9. The van der Waals surface area contributed by atoms with Crippen LogP contribution in [0, 0.1) is 6.92 Å². The van der Waals surface area contributed by atoms with Crippen molar-refractivity contribution >= 4 is 29.3 Å². The molecule has 0 radical (unpaired) electrons. The third-order valence-electron chi connectivity index (χ3n) is 7.86. The molecule has 6 rings (SSSR count). The van der Waals surface area contributed by atoms with Gasteiger partial charge in [-0.05, 0) is 97.1 Å². The number of phenolic OH excluding ortho intramolecular Hbond substituents is 1. The average molecular weight is 506 g/mol. The Balaban J connectivity index is 1.31. The number of piperidine rings is 1. The van der Waals surface area contributed by atoms with Crippen LogP contribution < -0.4 is 4.90 Å². The lowest BCUT2D eigenvalue weighted by Gasteiger charge is -2.32. The Bertz CT molecular complexity index is 1540. The van der Waals surface area contributed by atoms with Crippen molar-refractivity contribution in [3.63, 3.8) is 0 Å². The van der Waals surface area contributed by atoms with E-state index in [9.17, 15) is 9.90 Å². The van der Waals surface area contributed by atoms with Gasteiger partial charge in [-0.1, -0.05) is 18.2 Å². The summed E-state index contributed by atoms with van der Waals surface area (Å²) in [6, 6.07) is 17.9. The second-order valence-corrected chi connectivity index (χ2v) is 10.3. The number of likely N-dealkylation sites (tertiary alicyclic amines) is 1. The molecule has 38 heavy (non-hydrogen) atoms. The summed E-state index contributed by atoms with van der Waals surface area (Å²) in [6.45, 7) is 8.68. The molecule has 7 nitrogen and oxygen atoms in total. The Morgan fingerprint density at radius 2 is 1.84 bits per heavy atom. The monoisotopic (exact) mass is 505 g/mol. The predicted molar refractivity (Wildman–Crippen MR) is 151 cm³/mol. The van der Waals surface area contributed by atoms with Gasteiger partial charge in [0, 0.05) is 37.1 Å². The molecule has 4 aromatic rings. The van der Waals surface area contributed by atoms with Crippen LogP contribution in [0.3, 0.4) is 0 Å². The molecule has 1 aromatic heterocycles. The summed E-state index contributed by atoms with van der Waals surface area (Å²) in [5, 5.41) is 11.0. The largest absolute Gasteiger partial charge is 0.508 e. The van der Waals surface area contributed by atoms with Crippen LogP contribution in [0.1, 0.15) is 39.9 Å². The number of carbonyl (C=O) groups excluding carboxylic acids is 1. The smallest absolute Gasteiger partial charge is 0.253 e. The fraction of sp³-hybridized carbons (Fsp3) is 0.290. The van der Waals surface area contributed by atoms with Crippen LogP contribution in [0.2, 0.25) is 0 Å². The zero-order chi connectivity index (χ0) is 26.2. The summed E-state index contributed by atoms with van der Waals surface area (Å²) in [5.41, 5.74) is 7.13. The first-order valence-electron chi connectivity index (χ1n) is 13.2. The van der Waals surface area contributed by atoms with E-state index in [4.69, 9.17) is 4.98 Å². The minimum absolute atomic E-state index is 0.0892. The van der Waals surface area contributed by atoms with E-state index < -0.39 is 0 Å². The van der Waals surface area contributed by atoms with E-state index in [1.165, 1.54) is 5.56 Å². The molecule has 2 aliphatic heterocycles. The first kappa shape index (κ1) is 24.1. The van der Waals surface area contributed by atoms with E-state index in [-0.39, 0.29) is 17.7 Å². The van der Waals surface area contributed by atoms with E-state index in [1.54, 1.807) is 18.5 Å². The van der Waals surface area contributed by atoms with Crippen LogP contribution in [0.25, 0.3) is 22.0 Å². The van der Waals surface area contributed by atoms with Gasteiger partial charge in [-0.2, -0.15) is 0 Å². The third-order valence-corrected chi connectivity index (χ3v) is 7.86. The van der Waals surface area contributed by atoms with E-state index in [1.807, 2.05) is 23.1 Å². The van der Waals surface area contributed by atoms with Gasteiger partial charge in [0.1, 0.15) is 17.9 Å². The van der Waals surface area contributed by atoms with Crippen LogP contribution in [0.5, 0.6) is 5.75 Å². The number of hydrogen-bond donors (Lipinski definition) is 1. The van der Waals surface area contributed by atoms with Crippen molar-refractivity contribution in [2.45, 2.75) is 38.8 Å².